The van der Waals surface area contributed by atoms with Gasteiger partial charge in [0.2, 0.25) is 0 Å². The second-order valence-corrected chi connectivity index (χ2v) is 14.3. The maximum Gasteiger partial charge on any atom is 0.159 e. The summed E-state index contributed by atoms with van der Waals surface area (Å²) in [5.74, 6) is 0.859. The summed E-state index contributed by atoms with van der Waals surface area (Å²) in [6.07, 6.45) is 0. The smallest absolute Gasteiger partial charge is 0.159 e. The Morgan fingerprint density at radius 3 is 2.05 bits per heavy atom. The van der Waals surface area contributed by atoms with Crippen LogP contribution in [0.3, 0.4) is 0 Å². The molecule has 55 heavy (non-hydrogen) atoms. The maximum absolute atomic E-state index is 6.91. The number of aliphatic imine (C=N–C) groups is 1. The zero-order valence-corrected chi connectivity index (χ0v) is 29.5. The largest absolute Gasteiger partial charge is 0.456 e. The van der Waals surface area contributed by atoms with Crippen molar-refractivity contribution in [3.8, 4) is 16.8 Å². The predicted molar refractivity (Wildman–Crippen MR) is 225 cm³/mol. The molecular formula is C50H31N3O2. The second kappa shape index (κ2) is 11.6. The van der Waals surface area contributed by atoms with Crippen LogP contribution in [0.15, 0.2) is 190 Å². The molecule has 5 heteroatoms. The van der Waals surface area contributed by atoms with Gasteiger partial charge < -0.3 is 18.7 Å². The quantitative estimate of drug-likeness (QED) is 0.198. The van der Waals surface area contributed by atoms with Gasteiger partial charge in [0.1, 0.15) is 22.6 Å². The average molecular weight is 706 g/mol. The van der Waals surface area contributed by atoms with E-state index in [1.165, 1.54) is 10.8 Å². The molecule has 258 valence electrons. The molecule has 0 amide bonds. The highest BCUT2D eigenvalue weighted by atomic mass is 16.3. The minimum Gasteiger partial charge on any atom is -0.456 e. The summed E-state index contributed by atoms with van der Waals surface area (Å²) in [6, 6.07) is 61.8. The number of para-hydroxylation sites is 4. The summed E-state index contributed by atoms with van der Waals surface area (Å²) in [4.78, 5) is 5.05. The molecule has 11 aromatic rings. The Hall–Kier alpha value is -7.37. The monoisotopic (exact) mass is 705 g/mol. The van der Waals surface area contributed by atoms with E-state index < -0.39 is 0 Å². The molecule has 12 rings (SSSR count). The van der Waals surface area contributed by atoms with Crippen LogP contribution in [-0.2, 0) is 0 Å². The highest BCUT2D eigenvalue weighted by Gasteiger charge is 2.28. The van der Waals surface area contributed by atoms with Crippen LogP contribution < -0.4 is 5.32 Å². The van der Waals surface area contributed by atoms with Gasteiger partial charge in [-0.3, -0.25) is 0 Å². The Morgan fingerprint density at radius 1 is 0.455 bits per heavy atom. The fourth-order valence-corrected chi connectivity index (χ4v) is 8.78. The van der Waals surface area contributed by atoms with Gasteiger partial charge in [-0.05, 0) is 71.3 Å². The first-order chi connectivity index (χ1) is 27.3. The Bertz CT molecular complexity index is 3360. The first kappa shape index (κ1) is 30.1. The molecule has 1 aliphatic rings. The van der Waals surface area contributed by atoms with Gasteiger partial charge in [-0.2, -0.15) is 0 Å². The van der Waals surface area contributed by atoms with E-state index >= 15 is 0 Å². The molecule has 0 bridgehead atoms. The molecule has 0 aliphatic carbocycles. The lowest BCUT2D eigenvalue weighted by molar-refractivity contribution is 0.665. The number of rotatable bonds is 4. The number of nitrogens with zero attached hydrogens (tertiary/aromatic N) is 2. The Balaban J connectivity index is 1.04. The van der Waals surface area contributed by atoms with Gasteiger partial charge in [-0.15, -0.1) is 0 Å². The number of aromatic nitrogens is 1. The normalized spacial score (nSPS) is 14.3. The van der Waals surface area contributed by atoms with E-state index in [0.717, 1.165) is 99.9 Å². The van der Waals surface area contributed by atoms with Crippen molar-refractivity contribution in [3.05, 3.63) is 193 Å². The molecule has 4 heterocycles. The van der Waals surface area contributed by atoms with Crippen molar-refractivity contribution in [2.75, 3.05) is 0 Å². The van der Waals surface area contributed by atoms with Gasteiger partial charge >= 0.3 is 0 Å². The van der Waals surface area contributed by atoms with E-state index in [4.69, 9.17) is 13.8 Å². The van der Waals surface area contributed by atoms with Gasteiger partial charge in [0.25, 0.3) is 0 Å². The zero-order chi connectivity index (χ0) is 36.0. The molecule has 0 fully saturated rings. The SMILES string of the molecule is c1ccc(C2=Nc3ccccc3C(c3cccc4oc5c(-n6c7ccccc7c7cc(-c8ccc9oc%10ccccc%10c9c8)ccc76)cccc5c34)N2)cc1. The summed E-state index contributed by atoms with van der Waals surface area (Å²) >= 11 is 0. The highest BCUT2D eigenvalue weighted by Crippen LogP contribution is 2.44. The van der Waals surface area contributed by atoms with Gasteiger partial charge in [0.05, 0.1) is 28.5 Å². The third-order valence-corrected chi connectivity index (χ3v) is 11.3. The minimum atomic E-state index is -0.122. The molecule has 1 unspecified atom stereocenters. The molecule has 0 spiro atoms. The Labute approximate surface area is 315 Å². The standard InChI is InChI=1S/C50H31N3O2/c1-2-12-30(13-3-1)50-51-40-19-7-4-16-35(40)48(52-50)36-17-11-23-46-47(36)37-18-10-21-43(49(37)55-46)53-41-20-8-5-14-33(41)38-28-31(24-26-42(38)53)32-25-27-45-39(29-32)34-15-6-9-22-44(34)54-45/h1-29,48H,(H,51,52). The predicted octanol–water partition coefficient (Wildman–Crippen LogP) is 13.0. The fraction of sp³-hybridized carbons (Fsp3) is 0.0200. The summed E-state index contributed by atoms with van der Waals surface area (Å²) in [5.41, 5.74) is 13.4. The number of hydrogen-bond acceptors (Lipinski definition) is 4. The van der Waals surface area contributed by atoms with Crippen LogP contribution in [0.4, 0.5) is 5.69 Å². The topological polar surface area (TPSA) is 55.6 Å². The summed E-state index contributed by atoms with van der Waals surface area (Å²) in [5, 5.41) is 10.6. The summed E-state index contributed by atoms with van der Waals surface area (Å²) in [7, 11) is 0. The zero-order valence-electron chi connectivity index (χ0n) is 29.5. The Morgan fingerprint density at radius 2 is 1.13 bits per heavy atom. The van der Waals surface area contributed by atoms with Crippen molar-refractivity contribution < 1.29 is 8.83 Å². The molecule has 5 nitrogen and oxygen atoms in total. The van der Waals surface area contributed by atoms with Gasteiger partial charge in [-0.1, -0.05) is 121 Å². The van der Waals surface area contributed by atoms with E-state index in [2.05, 4.69) is 168 Å². The first-order valence-electron chi connectivity index (χ1n) is 18.7. The number of fused-ring (bicyclic) bond motifs is 10. The fourth-order valence-electron chi connectivity index (χ4n) is 8.78. The van der Waals surface area contributed by atoms with Crippen LogP contribution >= 0.6 is 0 Å². The summed E-state index contributed by atoms with van der Waals surface area (Å²) < 4.78 is 15.4. The molecular weight excluding hydrogens is 675 g/mol. The molecule has 3 aromatic heterocycles. The molecule has 8 aromatic carbocycles. The van der Waals surface area contributed by atoms with Crippen molar-refractivity contribution in [2.24, 2.45) is 4.99 Å². The molecule has 0 saturated carbocycles. The molecule has 0 saturated heterocycles. The minimum absolute atomic E-state index is 0.122. The Kier molecular flexibility index (Phi) is 6.33. The average Bonchev–Trinajstić information content (AvgIpc) is 3.93. The summed E-state index contributed by atoms with van der Waals surface area (Å²) in [6.45, 7) is 0. The van der Waals surface area contributed by atoms with E-state index in [0.29, 0.717) is 0 Å². The number of hydrogen-bond donors (Lipinski definition) is 1. The van der Waals surface area contributed by atoms with Gasteiger partial charge in [0, 0.05) is 43.4 Å². The molecule has 0 radical (unpaired) electrons. The number of amidine groups is 1. The van der Waals surface area contributed by atoms with Crippen molar-refractivity contribution in [3.63, 3.8) is 0 Å². The molecule has 1 N–H and O–H groups in total. The lowest BCUT2D eigenvalue weighted by atomic mass is 9.91. The van der Waals surface area contributed by atoms with Crippen LogP contribution in [0.5, 0.6) is 0 Å². The number of furan rings is 2. The van der Waals surface area contributed by atoms with E-state index in [9.17, 15) is 0 Å². The van der Waals surface area contributed by atoms with Crippen LogP contribution in [0, 0.1) is 0 Å². The number of nitrogens with one attached hydrogen (secondary N) is 1. The van der Waals surface area contributed by atoms with Crippen molar-refractivity contribution in [1.29, 1.82) is 0 Å². The van der Waals surface area contributed by atoms with Crippen LogP contribution in [0.25, 0.3) is 82.5 Å². The van der Waals surface area contributed by atoms with Crippen molar-refractivity contribution in [2.45, 2.75) is 6.04 Å². The maximum atomic E-state index is 6.91. The third kappa shape index (κ3) is 4.50. The highest BCUT2D eigenvalue weighted by molar-refractivity contribution is 6.15. The van der Waals surface area contributed by atoms with E-state index in [1.54, 1.807) is 0 Å². The van der Waals surface area contributed by atoms with Gasteiger partial charge in [0.15, 0.2) is 5.58 Å². The van der Waals surface area contributed by atoms with Crippen molar-refractivity contribution >= 4 is 77.2 Å². The first-order valence-corrected chi connectivity index (χ1v) is 18.7. The molecule has 1 aliphatic heterocycles. The van der Waals surface area contributed by atoms with E-state index in [-0.39, 0.29) is 6.04 Å². The lowest BCUT2D eigenvalue weighted by Gasteiger charge is -2.28. The number of benzene rings is 8. The van der Waals surface area contributed by atoms with Crippen LogP contribution in [-0.4, -0.2) is 10.4 Å². The lowest BCUT2D eigenvalue weighted by Crippen LogP contribution is -2.32. The van der Waals surface area contributed by atoms with Crippen LogP contribution in [0.2, 0.25) is 0 Å². The molecule has 1 atom stereocenters. The van der Waals surface area contributed by atoms with E-state index in [1.807, 2.05) is 18.2 Å². The second-order valence-electron chi connectivity index (χ2n) is 14.3. The van der Waals surface area contributed by atoms with Crippen LogP contribution in [0.1, 0.15) is 22.7 Å². The van der Waals surface area contributed by atoms with Crippen molar-refractivity contribution in [1.82, 2.24) is 9.88 Å². The third-order valence-electron chi connectivity index (χ3n) is 11.3. The van der Waals surface area contributed by atoms with Gasteiger partial charge in [-0.25, -0.2) is 4.99 Å².